The van der Waals surface area contributed by atoms with Crippen molar-refractivity contribution in [2.24, 2.45) is 0 Å². The van der Waals surface area contributed by atoms with Gasteiger partial charge in [-0.2, -0.15) is 0 Å². The van der Waals surface area contributed by atoms with Crippen molar-refractivity contribution in [1.82, 2.24) is 9.80 Å². The summed E-state index contributed by atoms with van der Waals surface area (Å²) in [6.07, 6.45) is 1.22. The van der Waals surface area contributed by atoms with E-state index in [1.807, 2.05) is 14.1 Å². The fraction of sp³-hybridized carbons (Fsp3) is 0.636. The first-order valence-electron chi connectivity index (χ1n) is 9.96. The summed E-state index contributed by atoms with van der Waals surface area (Å²) in [7, 11) is 4.04. The zero-order valence-electron chi connectivity index (χ0n) is 18.1. The molecule has 0 aliphatic carbocycles. The molecule has 1 rings (SSSR count). The minimum Gasteiger partial charge on any atom is -0.342 e. The van der Waals surface area contributed by atoms with Crippen molar-refractivity contribution in [3.63, 3.8) is 0 Å². The van der Waals surface area contributed by atoms with E-state index in [1.54, 1.807) is 11.8 Å². The van der Waals surface area contributed by atoms with Crippen molar-refractivity contribution in [2.45, 2.75) is 59.3 Å². The topological polar surface area (TPSA) is 52.7 Å². The molecule has 0 aliphatic heterocycles. The van der Waals surface area contributed by atoms with Gasteiger partial charge in [0.25, 0.3) is 0 Å². The van der Waals surface area contributed by atoms with Crippen LogP contribution in [0.25, 0.3) is 0 Å². The number of amides is 2. The molecule has 0 aromatic heterocycles. The van der Waals surface area contributed by atoms with Gasteiger partial charge in [0, 0.05) is 32.1 Å². The second-order valence-electron chi connectivity index (χ2n) is 8.08. The van der Waals surface area contributed by atoms with Gasteiger partial charge >= 0.3 is 0 Å². The molecule has 27 heavy (non-hydrogen) atoms. The molecule has 0 radical (unpaired) electrons. The molecular formula is C22H37N3O2. The molecule has 0 saturated carbocycles. The zero-order valence-corrected chi connectivity index (χ0v) is 18.1. The van der Waals surface area contributed by atoms with E-state index in [-0.39, 0.29) is 11.8 Å². The number of carbonyl (C=O) groups is 2. The molecule has 1 N–H and O–H groups in total. The Balaban J connectivity index is 2.77. The average molecular weight is 376 g/mol. The maximum absolute atomic E-state index is 12.6. The van der Waals surface area contributed by atoms with Crippen molar-refractivity contribution in [1.29, 1.82) is 0 Å². The normalized spacial score (nSPS) is 11.3. The van der Waals surface area contributed by atoms with Gasteiger partial charge in [-0.3, -0.25) is 9.59 Å². The number of nitrogens with zero attached hydrogens (tertiary/aromatic N) is 2. The number of carbonyl (C=O) groups excluding carboxylic acids is 2. The van der Waals surface area contributed by atoms with Gasteiger partial charge in [0.15, 0.2) is 0 Å². The standard InChI is InChI=1S/C22H37N3O2/c1-16(2)19-10-8-11-20(17(3)4)22(19)23-21(27)12-15-25(18(5)26)14-9-13-24(6)7/h8,10-11,16-17H,9,12-15H2,1-7H3,(H,23,27). The van der Waals surface area contributed by atoms with Gasteiger partial charge in [-0.15, -0.1) is 0 Å². The molecule has 0 fully saturated rings. The maximum atomic E-state index is 12.6. The molecule has 0 heterocycles. The van der Waals surface area contributed by atoms with E-state index in [0.29, 0.717) is 31.3 Å². The third-order valence-electron chi connectivity index (χ3n) is 4.72. The lowest BCUT2D eigenvalue weighted by Gasteiger charge is -2.23. The van der Waals surface area contributed by atoms with E-state index in [4.69, 9.17) is 0 Å². The Kier molecular flexibility index (Phi) is 9.50. The Morgan fingerprint density at radius 2 is 1.52 bits per heavy atom. The Morgan fingerprint density at radius 3 is 1.96 bits per heavy atom. The number of anilines is 1. The monoisotopic (exact) mass is 375 g/mol. The molecule has 0 atom stereocenters. The molecule has 1 aromatic carbocycles. The quantitative estimate of drug-likeness (QED) is 0.671. The molecule has 152 valence electrons. The highest BCUT2D eigenvalue weighted by molar-refractivity contribution is 5.93. The fourth-order valence-corrected chi connectivity index (χ4v) is 3.14. The first-order chi connectivity index (χ1) is 12.6. The molecular weight excluding hydrogens is 338 g/mol. The number of hydrogen-bond donors (Lipinski definition) is 1. The van der Waals surface area contributed by atoms with E-state index in [2.05, 4.69) is 56.1 Å². The summed E-state index contributed by atoms with van der Waals surface area (Å²) in [5, 5.41) is 3.13. The highest BCUT2D eigenvalue weighted by atomic mass is 16.2. The van der Waals surface area contributed by atoms with Gasteiger partial charge < -0.3 is 15.1 Å². The summed E-state index contributed by atoms with van der Waals surface area (Å²) in [4.78, 5) is 28.3. The lowest BCUT2D eigenvalue weighted by molar-refractivity contribution is -0.129. The molecule has 0 bridgehead atoms. The van der Waals surface area contributed by atoms with Crippen LogP contribution in [0.5, 0.6) is 0 Å². The highest BCUT2D eigenvalue weighted by Gasteiger charge is 2.17. The first-order valence-corrected chi connectivity index (χ1v) is 9.96. The molecule has 0 aliphatic rings. The highest BCUT2D eigenvalue weighted by Crippen LogP contribution is 2.32. The zero-order chi connectivity index (χ0) is 20.6. The van der Waals surface area contributed by atoms with Crippen molar-refractivity contribution in [3.8, 4) is 0 Å². The van der Waals surface area contributed by atoms with E-state index < -0.39 is 0 Å². The van der Waals surface area contributed by atoms with Crippen LogP contribution in [-0.2, 0) is 9.59 Å². The molecule has 0 unspecified atom stereocenters. The van der Waals surface area contributed by atoms with Crippen LogP contribution in [0.3, 0.4) is 0 Å². The summed E-state index contributed by atoms with van der Waals surface area (Å²) < 4.78 is 0. The fourth-order valence-electron chi connectivity index (χ4n) is 3.14. The van der Waals surface area contributed by atoms with Crippen LogP contribution in [0, 0.1) is 0 Å². The summed E-state index contributed by atoms with van der Waals surface area (Å²) in [6, 6.07) is 6.22. The summed E-state index contributed by atoms with van der Waals surface area (Å²) >= 11 is 0. The Bertz CT molecular complexity index is 598. The summed E-state index contributed by atoms with van der Waals surface area (Å²) in [5.74, 6) is 0.647. The van der Waals surface area contributed by atoms with Crippen LogP contribution in [0.15, 0.2) is 18.2 Å². The van der Waals surface area contributed by atoms with Gasteiger partial charge in [0.2, 0.25) is 11.8 Å². The second kappa shape index (κ2) is 11.1. The minimum atomic E-state index is -0.0381. The van der Waals surface area contributed by atoms with Gasteiger partial charge in [0.05, 0.1) is 0 Å². The van der Waals surface area contributed by atoms with Crippen LogP contribution in [-0.4, -0.2) is 55.3 Å². The van der Waals surface area contributed by atoms with E-state index in [9.17, 15) is 9.59 Å². The SMILES string of the molecule is CC(=O)N(CCCN(C)C)CCC(=O)Nc1c(C(C)C)cccc1C(C)C. The summed E-state index contributed by atoms with van der Waals surface area (Å²) in [5.41, 5.74) is 3.25. The maximum Gasteiger partial charge on any atom is 0.226 e. The number of hydrogen-bond acceptors (Lipinski definition) is 3. The lowest BCUT2D eigenvalue weighted by Crippen LogP contribution is -2.34. The predicted octanol–water partition coefficient (Wildman–Crippen LogP) is 4.06. The van der Waals surface area contributed by atoms with E-state index in [0.717, 1.165) is 29.8 Å². The van der Waals surface area contributed by atoms with Gasteiger partial charge in [-0.1, -0.05) is 45.9 Å². The summed E-state index contributed by atoms with van der Waals surface area (Å²) in [6.45, 7) is 12.2. The Morgan fingerprint density at radius 1 is 0.963 bits per heavy atom. The van der Waals surface area contributed by atoms with Crippen molar-refractivity contribution in [3.05, 3.63) is 29.3 Å². The number of rotatable bonds is 10. The predicted molar refractivity (Wildman–Crippen MR) is 113 cm³/mol. The smallest absolute Gasteiger partial charge is 0.226 e. The van der Waals surface area contributed by atoms with Crippen LogP contribution < -0.4 is 5.32 Å². The molecule has 0 spiro atoms. The third-order valence-corrected chi connectivity index (χ3v) is 4.72. The van der Waals surface area contributed by atoms with Crippen LogP contribution in [0.2, 0.25) is 0 Å². The van der Waals surface area contributed by atoms with Crippen LogP contribution in [0.1, 0.15) is 70.4 Å². The Labute approximate surface area is 165 Å². The van der Waals surface area contributed by atoms with Gasteiger partial charge in [0.1, 0.15) is 0 Å². The lowest BCUT2D eigenvalue weighted by atomic mass is 9.92. The number of benzene rings is 1. The van der Waals surface area contributed by atoms with Crippen LogP contribution in [0.4, 0.5) is 5.69 Å². The molecule has 2 amide bonds. The van der Waals surface area contributed by atoms with Gasteiger partial charge in [-0.05, 0) is 50.0 Å². The number of para-hydroxylation sites is 1. The van der Waals surface area contributed by atoms with Crippen molar-refractivity contribution < 1.29 is 9.59 Å². The van der Waals surface area contributed by atoms with E-state index >= 15 is 0 Å². The van der Waals surface area contributed by atoms with E-state index in [1.165, 1.54) is 0 Å². The van der Waals surface area contributed by atoms with Crippen LogP contribution >= 0.6 is 0 Å². The molecule has 5 nitrogen and oxygen atoms in total. The average Bonchev–Trinajstić information content (AvgIpc) is 2.56. The molecule has 1 aromatic rings. The van der Waals surface area contributed by atoms with Crippen molar-refractivity contribution in [2.75, 3.05) is 39.0 Å². The largest absolute Gasteiger partial charge is 0.342 e. The first kappa shape index (κ1) is 23.2. The number of nitrogens with one attached hydrogen (secondary N) is 1. The Hall–Kier alpha value is -1.88. The third kappa shape index (κ3) is 7.71. The second-order valence-corrected chi connectivity index (χ2v) is 8.08. The van der Waals surface area contributed by atoms with Gasteiger partial charge in [-0.25, -0.2) is 0 Å². The molecule has 5 heteroatoms. The minimum absolute atomic E-state index is 0.0204. The van der Waals surface area contributed by atoms with Crippen molar-refractivity contribution >= 4 is 17.5 Å². The molecule has 0 saturated heterocycles.